The summed E-state index contributed by atoms with van der Waals surface area (Å²) in [6, 6.07) is 31.9. The smallest absolute Gasteiger partial charge is 0.0256 e. The molecule has 3 aromatic rings. The average molecular weight is 399 g/mol. The lowest BCUT2D eigenvalue weighted by atomic mass is 9.88. The highest BCUT2D eigenvalue weighted by Gasteiger charge is 2.30. The SMILES string of the molecule is Cc1ccc(CN(Cc2ccccc2)[C@@H]2CCCC[C@H]2NCc2ccccc2)cc1. The van der Waals surface area contributed by atoms with Gasteiger partial charge in [-0.25, -0.2) is 0 Å². The molecule has 1 saturated carbocycles. The van der Waals surface area contributed by atoms with Crippen LogP contribution in [0.2, 0.25) is 0 Å². The van der Waals surface area contributed by atoms with Gasteiger partial charge in [-0.1, -0.05) is 103 Å². The van der Waals surface area contributed by atoms with E-state index in [1.807, 2.05) is 0 Å². The van der Waals surface area contributed by atoms with Crippen LogP contribution in [0, 0.1) is 6.92 Å². The molecule has 1 aliphatic carbocycles. The Labute approximate surface area is 181 Å². The molecule has 0 spiro atoms. The van der Waals surface area contributed by atoms with Gasteiger partial charge in [0.1, 0.15) is 0 Å². The van der Waals surface area contributed by atoms with E-state index in [1.54, 1.807) is 0 Å². The number of rotatable bonds is 8. The minimum Gasteiger partial charge on any atom is -0.308 e. The lowest BCUT2D eigenvalue weighted by Gasteiger charge is -2.41. The van der Waals surface area contributed by atoms with Gasteiger partial charge in [0.05, 0.1) is 0 Å². The molecule has 30 heavy (non-hydrogen) atoms. The van der Waals surface area contributed by atoms with Crippen molar-refractivity contribution >= 4 is 0 Å². The number of aryl methyl sites for hydroxylation is 1. The summed E-state index contributed by atoms with van der Waals surface area (Å²) in [5, 5.41) is 3.91. The minimum absolute atomic E-state index is 0.535. The quantitative estimate of drug-likeness (QED) is 0.493. The van der Waals surface area contributed by atoms with E-state index in [1.165, 1.54) is 47.9 Å². The van der Waals surface area contributed by atoms with E-state index in [-0.39, 0.29) is 0 Å². The summed E-state index contributed by atoms with van der Waals surface area (Å²) in [4.78, 5) is 2.71. The maximum atomic E-state index is 3.91. The van der Waals surface area contributed by atoms with Crippen molar-refractivity contribution in [3.8, 4) is 0 Å². The Morgan fingerprint density at radius 3 is 1.93 bits per heavy atom. The third-order valence-electron chi connectivity index (χ3n) is 6.34. The van der Waals surface area contributed by atoms with Crippen molar-refractivity contribution in [3.05, 3.63) is 107 Å². The van der Waals surface area contributed by atoms with Gasteiger partial charge >= 0.3 is 0 Å². The standard InChI is InChI=1S/C28H34N2/c1-23-16-18-26(19-17-23)22-30(21-25-12-6-3-7-13-25)28-15-9-8-14-27(28)29-20-24-10-4-2-5-11-24/h2-7,10-13,16-19,27-29H,8-9,14-15,20-22H2,1H3/t27-,28-/m1/s1. The van der Waals surface area contributed by atoms with E-state index >= 15 is 0 Å². The summed E-state index contributed by atoms with van der Waals surface area (Å²) >= 11 is 0. The van der Waals surface area contributed by atoms with Gasteiger partial charge in [-0.05, 0) is 36.5 Å². The van der Waals surface area contributed by atoms with Crippen molar-refractivity contribution in [1.29, 1.82) is 0 Å². The maximum Gasteiger partial charge on any atom is 0.0256 e. The Morgan fingerprint density at radius 2 is 1.27 bits per heavy atom. The first-order chi connectivity index (χ1) is 14.8. The first-order valence-corrected chi connectivity index (χ1v) is 11.4. The molecular weight excluding hydrogens is 364 g/mol. The molecule has 0 aliphatic heterocycles. The van der Waals surface area contributed by atoms with Gasteiger partial charge in [0.2, 0.25) is 0 Å². The fraction of sp³-hybridized carbons (Fsp3) is 0.357. The van der Waals surface area contributed by atoms with E-state index in [0.29, 0.717) is 12.1 Å². The molecule has 4 rings (SSSR count). The minimum atomic E-state index is 0.535. The summed E-state index contributed by atoms with van der Waals surface area (Å²) in [5.41, 5.74) is 5.50. The average Bonchev–Trinajstić information content (AvgIpc) is 2.80. The van der Waals surface area contributed by atoms with Crippen LogP contribution in [0.15, 0.2) is 84.9 Å². The molecule has 0 aromatic heterocycles. The molecule has 2 atom stereocenters. The molecule has 2 heteroatoms. The van der Waals surface area contributed by atoms with E-state index in [4.69, 9.17) is 0 Å². The zero-order valence-corrected chi connectivity index (χ0v) is 18.1. The molecule has 0 amide bonds. The van der Waals surface area contributed by atoms with Crippen LogP contribution in [0.3, 0.4) is 0 Å². The lowest BCUT2D eigenvalue weighted by Crippen LogP contribution is -2.51. The second-order valence-corrected chi connectivity index (χ2v) is 8.70. The van der Waals surface area contributed by atoms with E-state index < -0.39 is 0 Å². The van der Waals surface area contributed by atoms with Crippen LogP contribution in [0.4, 0.5) is 0 Å². The van der Waals surface area contributed by atoms with Crippen LogP contribution >= 0.6 is 0 Å². The second kappa shape index (κ2) is 10.6. The fourth-order valence-electron chi connectivity index (χ4n) is 4.67. The molecule has 0 heterocycles. The van der Waals surface area contributed by atoms with Crippen LogP contribution < -0.4 is 5.32 Å². The van der Waals surface area contributed by atoms with Crippen molar-refractivity contribution in [1.82, 2.24) is 10.2 Å². The van der Waals surface area contributed by atoms with Gasteiger partial charge < -0.3 is 5.32 Å². The summed E-state index contributed by atoms with van der Waals surface area (Å²) in [7, 11) is 0. The monoisotopic (exact) mass is 398 g/mol. The Morgan fingerprint density at radius 1 is 0.700 bits per heavy atom. The lowest BCUT2D eigenvalue weighted by molar-refractivity contribution is 0.106. The first kappa shape index (κ1) is 20.8. The van der Waals surface area contributed by atoms with Gasteiger partial charge in [-0.3, -0.25) is 4.90 Å². The molecule has 1 N–H and O–H groups in total. The van der Waals surface area contributed by atoms with E-state index in [9.17, 15) is 0 Å². The van der Waals surface area contributed by atoms with Gasteiger partial charge in [-0.15, -0.1) is 0 Å². The van der Waals surface area contributed by atoms with Gasteiger partial charge in [-0.2, -0.15) is 0 Å². The summed E-state index contributed by atoms with van der Waals surface area (Å²) in [6.45, 7) is 5.12. The molecule has 156 valence electrons. The molecule has 0 radical (unpaired) electrons. The Kier molecular flexibility index (Phi) is 7.34. The van der Waals surface area contributed by atoms with Crippen molar-refractivity contribution in [2.45, 2.75) is 64.3 Å². The van der Waals surface area contributed by atoms with Crippen LogP contribution in [0.1, 0.15) is 47.9 Å². The van der Waals surface area contributed by atoms with Gasteiger partial charge in [0, 0.05) is 31.7 Å². The largest absolute Gasteiger partial charge is 0.308 e. The molecule has 2 nitrogen and oxygen atoms in total. The Balaban J connectivity index is 1.52. The molecule has 1 aliphatic rings. The summed E-state index contributed by atoms with van der Waals surface area (Å²) in [6.07, 6.45) is 5.18. The van der Waals surface area contributed by atoms with Crippen molar-refractivity contribution in [3.63, 3.8) is 0 Å². The molecule has 1 fully saturated rings. The van der Waals surface area contributed by atoms with Crippen molar-refractivity contribution in [2.75, 3.05) is 0 Å². The molecular formula is C28H34N2. The van der Waals surface area contributed by atoms with Crippen LogP contribution in [-0.2, 0) is 19.6 Å². The van der Waals surface area contributed by atoms with E-state index in [0.717, 1.165) is 19.6 Å². The van der Waals surface area contributed by atoms with Gasteiger partial charge in [0.25, 0.3) is 0 Å². The highest BCUT2D eigenvalue weighted by molar-refractivity contribution is 5.22. The topological polar surface area (TPSA) is 15.3 Å². The number of nitrogens with one attached hydrogen (secondary N) is 1. The molecule has 3 aromatic carbocycles. The number of hydrogen-bond donors (Lipinski definition) is 1. The van der Waals surface area contributed by atoms with Crippen LogP contribution in [-0.4, -0.2) is 17.0 Å². The summed E-state index contributed by atoms with van der Waals surface area (Å²) in [5.74, 6) is 0. The molecule has 0 saturated heterocycles. The Bertz CT molecular complexity index is 874. The normalized spacial score (nSPS) is 19.1. The maximum absolute atomic E-state index is 3.91. The number of benzene rings is 3. The third kappa shape index (κ3) is 5.81. The summed E-state index contributed by atoms with van der Waals surface area (Å²) < 4.78 is 0. The Hall–Kier alpha value is -2.42. The van der Waals surface area contributed by atoms with E-state index in [2.05, 4.69) is 102 Å². The number of nitrogens with zero attached hydrogens (tertiary/aromatic N) is 1. The van der Waals surface area contributed by atoms with Crippen LogP contribution in [0.25, 0.3) is 0 Å². The predicted molar refractivity (Wildman–Crippen MR) is 126 cm³/mol. The number of hydrogen-bond acceptors (Lipinski definition) is 2. The zero-order chi connectivity index (χ0) is 20.6. The molecule has 0 unspecified atom stereocenters. The predicted octanol–water partition coefficient (Wildman–Crippen LogP) is 6.10. The second-order valence-electron chi connectivity index (χ2n) is 8.70. The van der Waals surface area contributed by atoms with Crippen molar-refractivity contribution < 1.29 is 0 Å². The highest BCUT2D eigenvalue weighted by atomic mass is 15.2. The third-order valence-corrected chi connectivity index (χ3v) is 6.34. The molecule has 0 bridgehead atoms. The zero-order valence-electron chi connectivity index (χ0n) is 18.1. The highest BCUT2D eigenvalue weighted by Crippen LogP contribution is 2.27. The van der Waals surface area contributed by atoms with Crippen LogP contribution in [0.5, 0.6) is 0 Å². The fourth-order valence-corrected chi connectivity index (χ4v) is 4.67. The van der Waals surface area contributed by atoms with Crippen molar-refractivity contribution in [2.24, 2.45) is 0 Å². The van der Waals surface area contributed by atoms with Gasteiger partial charge in [0.15, 0.2) is 0 Å². The first-order valence-electron chi connectivity index (χ1n) is 11.4.